The van der Waals surface area contributed by atoms with E-state index in [1.54, 1.807) is 0 Å². The number of carbonyl (C=O) groups excluding carboxylic acids is 1. The van der Waals surface area contributed by atoms with Gasteiger partial charge in [0, 0.05) is 11.7 Å². The van der Waals surface area contributed by atoms with E-state index < -0.39 is 0 Å². The Labute approximate surface area is 125 Å². The van der Waals surface area contributed by atoms with Crippen LogP contribution in [0.1, 0.15) is 17.5 Å². The molecule has 2 aromatic rings. The first-order valence-electron chi connectivity index (χ1n) is 7.46. The monoisotopic (exact) mass is 280 g/mol. The lowest BCUT2D eigenvalue weighted by Gasteiger charge is -2.25. The van der Waals surface area contributed by atoms with Crippen molar-refractivity contribution in [1.82, 2.24) is 5.32 Å². The van der Waals surface area contributed by atoms with Crippen LogP contribution in [0.3, 0.4) is 0 Å². The lowest BCUT2D eigenvalue weighted by atomic mass is 9.88. The van der Waals surface area contributed by atoms with Crippen molar-refractivity contribution in [3.63, 3.8) is 0 Å². The standard InChI is InChI=1S/C18H20N2O/c21-18(20-16-8-2-1-3-9-16)13-19-17-11-10-14-6-4-5-7-15(14)12-17/h1-9,17,19H,10-13H2,(H,20,21). The highest BCUT2D eigenvalue weighted by Gasteiger charge is 2.18. The maximum absolute atomic E-state index is 11.9. The summed E-state index contributed by atoms with van der Waals surface area (Å²) in [5, 5.41) is 6.27. The van der Waals surface area contributed by atoms with Gasteiger partial charge in [0.2, 0.25) is 5.91 Å². The van der Waals surface area contributed by atoms with Gasteiger partial charge in [-0.25, -0.2) is 0 Å². The number of nitrogens with one attached hydrogen (secondary N) is 2. The summed E-state index contributed by atoms with van der Waals surface area (Å²) in [6.07, 6.45) is 3.19. The maximum atomic E-state index is 11.9. The lowest BCUT2D eigenvalue weighted by Crippen LogP contribution is -2.39. The van der Waals surface area contributed by atoms with E-state index in [2.05, 4.69) is 34.9 Å². The first-order valence-corrected chi connectivity index (χ1v) is 7.46. The minimum atomic E-state index is 0.0139. The van der Waals surface area contributed by atoms with E-state index in [4.69, 9.17) is 0 Å². The molecule has 3 heteroatoms. The molecule has 0 aliphatic heterocycles. The fourth-order valence-electron chi connectivity index (χ4n) is 2.84. The second-order valence-electron chi connectivity index (χ2n) is 5.50. The van der Waals surface area contributed by atoms with Crippen LogP contribution in [0.15, 0.2) is 54.6 Å². The highest BCUT2D eigenvalue weighted by molar-refractivity contribution is 5.92. The van der Waals surface area contributed by atoms with Crippen molar-refractivity contribution >= 4 is 11.6 Å². The van der Waals surface area contributed by atoms with E-state index in [1.807, 2.05) is 30.3 Å². The smallest absolute Gasteiger partial charge is 0.238 e. The third kappa shape index (κ3) is 3.70. The molecular formula is C18H20N2O. The molecule has 0 radical (unpaired) electrons. The molecule has 0 fully saturated rings. The summed E-state index contributed by atoms with van der Waals surface area (Å²) in [6, 6.07) is 18.5. The second kappa shape index (κ2) is 6.55. The second-order valence-corrected chi connectivity index (χ2v) is 5.50. The largest absolute Gasteiger partial charge is 0.325 e. The lowest BCUT2D eigenvalue weighted by molar-refractivity contribution is -0.115. The molecule has 1 unspecified atom stereocenters. The number of carbonyl (C=O) groups is 1. The van der Waals surface area contributed by atoms with Gasteiger partial charge in [-0.2, -0.15) is 0 Å². The van der Waals surface area contributed by atoms with E-state index in [9.17, 15) is 4.79 Å². The summed E-state index contributed by atoms with van der Waals surface area (Å²) < 4.78 is 0. The molecule has 1 aliphatic carbocycles. The van der Waals surface area contributed by atoms with E-state index in [0.29, 0.717) is 12.6 Å². The Morgan fingerprint density at radius 2 is 1.71 bits per heavy atom. The summed E-state index contributed by atoms with van der Waals surface area (Å²) in [6.45, 7) is 0.363. The number of hydrogen-bond acceptors (Lipinski definition) is 2. The van der Waals surface area contributed by atoms with Crippen molar-refractivity contribution < 1.29 is 4.79 Å². The Bertz CT molecular complexity index is 610. The number of para-hydroxylation sites is 1. The van der Waals surface area contributed by atoms with Gasteiger partial charge in [-0.3, -0.25) is 4.79 Å². The molecule has 0 saturated carbocycles. The summed E-state index contributed by atoms with van der Waals surface area (Å²) in [4.78, 5) is 11.9. The van der Waals surface area contributed by atoms with Crippen LogP contribution in [-0.2, 0) is 17.6 Å². The zero-order valence-corrected chi connectivity index (χ0v) is 12.0. The number of rotatable bonds is 4. The molecule has 1 atom stereocenters. The van der Waals surface area contributed by atoms with Crippen LogP contribution >= 0.6 is 0 Å². The first kappa shape index (κ1) is 13.8. The van der Waals surface area contributed by atoms with E-state index in [0.717, 1.165) is 24.9 Å². The fourth-order valence-corrected chi connectivity index (χ4v) is 2.84. The van der Waals surface area contributed by atoms with Crippen molar-refractivity contribution in [3.05, 3.63) is 65.7 Å². The van der Waals surface area contributed by atoms with Gasteiger partial charge in [0.25, 0.3) is 0 Å². The molecule has 1 aliphatic rings. The Morgan fingerprint density at radius 1 is 1.00 bits per heavy atom. The number of anilines is 1. The minimum absolute atomic E-state index is 0.0139. The Balaban J connectivity index is 1.49. The number of amides is 1. The predicted octanol–water partition coefficient (Wildman–Crippen LogP) is 2.77. The topological polar surface area (TPSA) is 41.1 Å². The van der Waals surface area contributed by atoms with Crippen LogP contribution in [0.5, 0.6) is 0 Å². The fraction of sp³-hybridized carbons (Fsp3) is 0.278. The summed E-state index contributed by atoms with van der Waals surface area (Å²) in [5.41, 5.74) is 3.70. The van der Waals surface area contributed by atoms with Crippen molar-refractivity contribution in [1.29, 1.82) is 0 Å². The van der Waals surface area contributed by atoms with Crippen molar-refractivity contribution in [2.45, 2.75) is 25.3 Å². The van der Waals surface area contributed by atoms with Crippen LogP contribution in [-0.4, -0.2) is 18.5 Å². The summed E-state index contributed by atoms with van der Waals surface area (Å²) >= 11 is 0. The van der Waals surface area contributed by atoms with Gasteiger partial charge >= 0.3 is 0 Å². The van der Waals surface area contributed by atoms with Gasteiger partial charge in [0.05, 0.1) is 6.54 Å². The molecule has 2 N–H and O–H groups in total. The first-order chi connectivity index (χ1) is 10.3. The molecule has 0 heterocycles. The van der Waals surface area contributed by atoms with Gasteiger partial charge < -0.3 is 10.6 Å². The zero-order chi connectivity index (χ0) is 14.5. The average Bonchev–Trinajstić information content (AvgIpc) is 2.54. The van der Waals surface area contributed by atoms with Crippen molar-refractivity contribution in [2.24, 2.45) is 0 Å². The summed E-state index contributed by atoms with van der Waals surface area (Å²) in [5.74, 6) is 0.0139. The van der Waals surface area contributed by atoms with Gasteiger partial charge in [-0.15, -0.1) is 0 Å². The predicted molar refractivity (Wildman–Crippen MR) is 85.3 cm³/mol. The Hall–Kier alpha value is -2.13. The van der Waals surface area contributed by atoms with Crippen LogP contribution in [0.2, 0.25) is 0 Å². The van der Waals surface area contributed by atoms with Crippen LogP contribution in [0.25, 0.3) is 0 Å². The van der Waals surface area contributed by atoms with Gasteiger partial charge in [0.15, 0.2) is 0 Å². The minimum Gasteiger partial charge on any atom is -0.325 e. The zero-order valence-electron chi connectivity index (χ0n) is 12.0. The molecule has 108 valence electrons. The van der Waals surface area contributed by atoms with Crippen molar-refractivity contribution in [2.75, 3.05) is 11.9 Å². The number of benzene rings is 2. The van der Waals surface area contributed by atoms with Crippen LogP contribution in [0.4, 0.5) is 5.69 Å². The number of hydrogen-bond donors (Lipinski definition) is 2. The Kier molecular flexibility index (Phi) is 4.31. The summed E-state index contributed by atoms with van der Waals surface area (Å²) in [7, 11) is 0. The molecular weight excluding hydrogens is 260 g/mol. The van der Waals surface area contributed by atoms with Crippen molar-refractivity contribution in [3.8, 4) is 0 Å². The molecule has 1 amide bonds. The third-order valence-corrected chi connectivity index (χ3v) is 3.96. The molecule has 0 spiro atoms. The number of aryl methyl sites for hydroxylation is 1. The maximum Gasteiger partial charge on any atom is 0.238 e. The van der Waals surface area contributed by atoms with Gasteiger partial charge in [-0.1, -0.05) is 42.5 Å². The molecule has 0 bridgehead atoms. The third-order valence-electron chi connectivity index (χ3n) is 3.96. The quantitative estimate of drug-likeness (QED) is 0.904. The van der Waals surface area contributed by atoms with Crippen LogP contribution < -0.4 is 10.6 Å². The van der Waals surface area contributed by atoms with Gasteiger partial charge in [-0.05, 0) is 42.5 Å². The molecule has 2 aromatic carbocycles. The highest BCUT2D eigenvalue weighted by atomic mass is 16.1. The number of fused-ring (bicyclic) bond motifs is 1. The SMILES string of the molecule is O=C(CNC1CCc2ccccc2C1)Nc1ccccc1. The molecule has 21 heavy (non-hydrogen) atoms. The molecule has 3 rings (SSSR count). The van der Waals surface area contributed by atoms with Crippen LogP contribution in [0, 0.1) is 0 Å². The van der Waals surface area contributed by atoms with E-state index in [1.165, 1.54) is 11.1 Å². The van der Waals surface area contributed by atoms with E-state index in [-0.39, 0.29) is 5.91 Å². The van der Waals surface area contributed by atoms with Gasteiger partial charge in [0.1, 0.15) is 0 Å². The molecule has 0 saturated heterocycles. The average molecular weight is 280 g/mol. The Morgan fingerprint density at radius 3 is 2.52 bits per heavy atom. The molecule has 3 nitrogen and oxygen atoms in total. The highest BCUT2D eigenvalue weighted by Crippen LogP contribution is 2.20. The molecule has 0 aromatic heterocycles. The normalized spacial score (nSPS) is 17.0. The van der Waals surface area contributed by atoms with E-state index >= 15 is 0 Å².